The molecule has 0 saturated heterocycles. The van der Waals surface area contributed by atoms with E-state index in [4.69, 9.17) is 9.26 Å². The third kappa shape index (κ3) is 5.18. The van der Waals surface area contributed by atoms with E-state index in [9.17, 15) is 9.59 Å². The van der Waals surface area contributed by atoms with Gasteiger partial charge in [0.1, 0.15) is 5.56 Å². The standard InChI is InChI=1S/C20H26N2O4/c1-5-6-7-15-8-10-16(11-9-15)21-17(23)12-25-20(24)18-14(4)22-26-19(18)13(2)3/h8-11,13H,5-7,12H2,1-4H3,(H,21,23). The molecule has 6 nitrogen and oxygen atoms in total. The fourth-order valence-electron chi connectivity index (χ4n) is 2.57. The maximum atomic E-state index is 12.3. The molecule has 0 aliphatic carbocycles. The van der Waals surface area contributed by atoms with Gasteiger partial charge in [-0.15, -0.1) is 0 Å². The molecule has 26 heavy (non-hydrogen) atoms. The minimum atomic E-state index is -0.600. The second-order valence-corrected chi connectivity index (χ2v) is 6.59. The maximum Gasteiger partial charge on any atom is 0.344 e. The largest absolute Gasteiger partial charge is 0.452 e. The molecule has 2 aromatic rings. The van der Waals surface area contributed by atoms with Gasteiger partial charge in [0, 0.05) is 11.6 Å². The lowest BCUT2D eigenvalue weighted by atomic mass is 10.1. The third-order valence-corrected chi connectivity index (χ3v) is 4.01. The van der Waals surface area contributed by atoms with Crippen LogP contribution < -0.4 is 5.32 Å². The number of carbonyl (C=O) groups is 2. The van der Waals surface area contributed by atoms with Crippen LogP contribution in [0.3, 0.4) is 0 Å². The van der Waals surface area contributed by atoms with Crippen molar-refractivity contribution in [1.29, 1.82) is 0 Å². The molecule has 1 heterocycles. The summed E-state index contributed by atoms with van der Waals surface area (Å²) in [5.74, 6) is -0.522. The quantitative estimate of drug-likeness (QED) is 0.714. The molecule has 0 saturated carbocycles. The van der Waals surface area contributed by atoms with E-state index in [0.717, 1.165) is 19.3 Å². The number of carbonyl (C=O) groups excluding carboxylic acids is 2. The molecule has 1 aromatic carbocycles. The Morgan fingerprint density at radius 2 is 1.92 bits per heavy atom. The first-order valence-corrected chi connectivity index (χ1v) is 8.94. The molecule has 0 radical (unpaired) electrons. The molecule has 0 unspecified atom stereocenters. The van der Waals surface area contributed by atoms with Gasteiger partial charge in [-0.2, -0.15) is 0 Å². The fraction of sp³-hybridized carbons (Fsp3) is 0.450. The molecule has 1 N–H and O–H groups in total. The van der Waals surface area contributed by atoms with Gasteiger partial charge in [-0.1, -0.05) is 44.5 Å². The van der Waals surface area contributed by atoms with Gasteiger partial charge in [0.2, 0.25) is 0 Å². The van der Waals surface area contributed by atoms with Crippen molar-refractivity contribution in [3.8, 4) is 0 Å². The van der Waals surface area contributed by atoms with Crippen molar-refractivity contribution in [3.63, 3.8) is 0 Å². The Bertz CT molecular complexity index is 748. The first-order valence-electron chi connectivity index (χ1n) is 8.94. The van der Waals surface area contributed by atoms with Gasteiger partial charge in [-0.05, 0) is 37.5 Å². The summed E-state index contributed by atoms with van der Waals surface area (Å²) in [6.07, 6.45) is 3.31. The maximum absolute atomic E-state index is 12.3. The third-order valence-electron chi connectivity index (χ3n) is 4.01. The number of hydrogen-bond acceptors (Lipinski definition) is 5. The van der Waals surface area contributed by atoms with Crippen LogP contribution in [0.2, 0.25) is 0 Å². The zero-order valence-corrected chi connectivity index (χ0v) is 15.8. The molecule has 0 aliphatic rings. The van der Waals surface area contributed by atoms with Gasteiger partial charge in [0.25, 0.3) is 5.91 Å². The first kappa shape index (κ1) is 19.7. The van der Waals surface area contributed by atoms with Crippen LogP contribution in [0.1, 0.15) is 66.9 Å². The van der Waals surface area contributed by atoms with Gasteiger partial charge in [-0.3, -0.25) is 4.79 Å². The van der Waals surface area contributed by atoms with Gasteiger partial charge in [-0.25, -0.2) is 4.79 Å². The van der Waals surface area contributed by atoms with E-state index in [1.807, 2.05) is 38.1 Å². The van der Waals surface area contributed by atoms with E-state index in [0.29, 0.717) is 22.7 Å². The van der Waals surface area contributed by atoms with Crippen molar-refractivity contribution < 1.29 is 18.8 Å². The predicted octanol–water partition coefficient (Wildman–Crippen LogP) is 4.24. The molecule has 0 atom stereocenters. The number of benzene rings is 1. The molecule has 0 aliphatic heterocycles. The monoisotopic (exact) mass is 358 g/mol. The van der Waals surface area contributed by atoms with Crippen LogP contribution in [0.4, 0.5) is 5.69 Å². The zero-order valence-electron chi connectivity index (χ0n) is 15.8. The van der Waals surface area contributed by atoms with Crippen molar-refractivity contribution in [2.24, 2.45) is 0 Å². The highest BCUT2D eigenvalue weighted by Crippen LogP contribution is 2.23. The molecule has 6 heteroatoms. The van der Waals surface area contributed by atoms with Crippen LogP contribution in [-0.2, 0) is 16.0 Å². The lowest BCUT2D eigenvalue weighted by Crippen LogP contribution is -2.21. The van der Waals surface area contributed by atoms with E-state index >= 15 is 0 Å². The number of anilines is 1. The number of hydrogen-bond donors (Lipinski definition) is 1. The molecule has 0 spiro atoms. The number of unbranched alkanes of at least 4 members (excludes halogenated alkanes) is 1. The highest BCUT2D eigenvalue weighted by atomic mass is 16.5. The summed E-state index contributed by atoms with van der Waals surface area (Å²) in [4.78, 5) is 24.3. The lowest BCUT2D eigenvalue weighted by Gasteiger charge is -2.08. The van der Waals surface area contributed by atoms with Crippen molar-refractivity contribution in [2.75, 3.05) is 11.9 Å². The van der Waals surface area contributed by atoms with Crippen LogP contribution in [0.15, 0.2) is 28.8 Å². The fourth-order valence-corrected chi connectivity index (χ4v) is 2.57. The van der Waals surface area contributed by atoms with E-state index in [-0.39, 0.29) is 18.4 Å². The van der Waals surface area contributed by atoms with Gasteiger partial charge < -0.3 is 14.6 Å². The molecule has 1 amide bonds. The molecule has 2 rings (SSSR count). The normalized spacial score (nSPS) is 10.8. The zero-order chi connectivity index (χ0) is 19.1. The number of ether oxygens (including phenoxy) is 1. The number of esters is 1. The minimum Gasteiger partial charge on any atom is -0.452 e. The molecular formula is C20H26N2O4. The summed E-state index contributed by atoms with van der Waals surface area (Å²) >= 11 is 0. The number of aromatic nitrogens is 1. The smallest absolute Gasteiger partial charge is 0.344 e. The number of nitrogens with one attached hydrogen (secondary N) is 1. The Morgan fingerprint density at radius 1 is 1.23 bits per heavy atom. The second-order valence-electron chi connectivity index (χ2n) is 6.59. The van der Waals surface area contributed by atoms with Gasteiger partial charge in [0.05, 0.1) is 5.69 Å². The van der Waals surface area contributed by atoms with E-state index < -0.39 is 5.97 Å². The summed E-state index contributed by atoms with van der Waals surface area (Å²) < 4.78 is 10.3. The predicted molar refractivity (Wildman–Crippen MR) is 99.3 cm³/mol. The van der Waals surface area contributed by atoms with Crippen LogP contribution in [0.5, 0.6) is 0 Å². The Labute approximate surface area is 153 Å². The molecule has 0 fully saturated rings. The average Bonchev–Trinajstić information content (AvgIpc) is 3.01. The number of rotatable bonds is 8. The average molecular weight is 358 g/mol. The summed E-state index contributed by atoms with van der Waals surface area (Å²) in [6, 6.07) is 7.69. The number of nitrogens with zero attached hydrogens (tertiary/aromatic N) is 1. The van der Waals surface area contributed by atoms with Crippen LogP contribution in [-0.4, -0.2) is 23.6 Å². The Morgan fingerprint density at radius 3 is 2.54 bits per heavy atom. The molecule has 140 valence electrons. The van der Waals surface area contributed by atoms with E-state index in [1.165, 1.54) is 5.56 Å². The van der Waals surface area contributed by atoms with Crippen molar-refractivity contribution in [2.45, 2.75) is 52.9 Å². The van der Waals surface area contributed by atoms with Gasteiger partial charge >= 0.3 is 5.97 Å². The highest BCUT2D eigenvalue weighted by molar-refractivity contribution is 5.96. The Kier molecular flexibility index (Phi) is 6.95. The van der Waals surface area contributed by atoms with Crippen molar-refractivity contribution >= 4 is 17.6 Å². The minimum absolute atomic E-state index is 0.00111. The Balaban J connectivity index is 1.89. The number of amides is 1. The summed E-state index contributed by atoms with van der Waals surface area (Å²) in [5.41, 5.74) is 2.67. The van der Waals surface area contributed by atoms with Crippen molar-refractivity contribution in [1.82, 2.24) is 5.16 Å². The lowest BCUT2D eigenvalue weighted by molar-refractivity contribution is -0.119. The van der Waals surface area contributed by atoms with Gasteiger partial charge in [0.15, 0.2) is 12.4 Å². The SMILES string of the molecule is CCCCc1ccc(NC(=O)COC(=O)c2c(C)noc2C(C)C)cc1. The number of aryl methyl sites for hydroxylation is 2. The Hall–Kier alpha value is -2.63. The molecular weight excluding hydrogens is 332 g/mol. The van der Waals surface area contributed by atoms with E-state index in [1.54, 1.807) is 6.92 Å². The van der Waals surface area contributed by atoms with Crippen LogP contribution >= 0.6 is 0 Å². The summed E-state index contributed by atoms with van der Waals surface area (Å²) in [6.45, 7) is 7.26. The second kappa shape index (κ2) is 9.17. The summed E-state index contributed by atoms with van der Waals surface area (Å²) in [7, 11) is 0. The van der Waals surface area contributed by atoms with Crippen LogP contribution in [0, 0.1) is 6.92 Å². The van der Waals surface area contributed by atoms with Crippen molar-refractivity contribution in [3.05, 3.63) is 46.8 Å². The topological polar surface area (TPSA) is 81.4 Å². The molecule has 0 bridgehead atoms. The van der Waals surface area contributed by atoms with E-state index in [2.05, 4.69) is 17.4 Å². The highest BCUT2D eigenvalue weighted by Gasteiger charge is 2.24. The van der Waals surface area contributed by atoms with Crippen LogP contribution in [0.25, 0.3) is 0 Å². The summed E-state index contributed by atoms with van der Waals surface area (Å²) in [5, 5.41) is 6.53. The molecule has 1 aromatic heterocycles. The first-order chi connectivity index (χ1) is 12.4.